The number of aryl methyl sites for hydroxylation is 3. The van der Waals surface area contributed by atoms with Crippen LogP contribution in [0.5, 0.6) is 0 Å². The molecule has 0 saturated heterocycles. The number of hydrogen-bond donors (Lipinski definition) is 1. The number of nitrogens with one attached hydrogen (secondary N) is 1. The minimum atomic E-state index is -0.250. The van der Waals surface area contributed by atoms with Gasteiger partial charge in [-0.1, -0.05) is 0 Å². The molecule has 6 nitrogen and oxygen atoms in total. The van der Waals surface area contributed by atoms with Gasteiger partial charge in [-0.05, 0) is 26.8 Å². The summed E-state index contributed by atoms with van der Waals surface area (Å²) >= 11 is 0. The molecule has 1 N–H and O–H groups in total. The van der Waals surface area contributed by atoms with Gasteiger partial charge in [0.2, 0.25) is 5.95 Å². The van der Waals surface area contributed by atoms with E-state index in [4.69, 9.17) is 0 Å². The van der Waals surface area contributed by atoms with E-state index in [1.807, 2.05) is 26.8 Å². The quantitative estimate of drug-likeness (QED) is 0.890. The number of carbonyl (C=O) groups excluding carboxylic acids is 1. The maximum Gasteiger partial charge on any atom is 0.261 e. The van der Waals surface area contributed by atoms with Crippen LogP contribution in [-0.2, 0) is 6.54 Å². The second kappa shape index (κ2) is 4.95. The van der Waals surface area contributed by atoms with Crippen LogP contribution in [0.4, 0.5) is 5.95 Å². The molecule has 0 fully saturated rings. The van der Waals surface area contributed by atoms with Crippen LogP contribution in [0, 0.1) is 13.8 Å². The zero-order chi connectivity index (χ0) is 13.1. The second-order valence-electron chi connectivity index (χ2n) is 4.01. The standard InChI is InChI=1S/C12H15N5O/c1-4-17-7-10(6-13-17)11(18)16-12-14-8(2)5-9(3)15-12/h5-7H,4H2,1-3H3,(H,14,15,16,18). The third-order valence-electron chi connectivity index (χ3n) is 2.43. The number of nitrogens with zero attached hydrogens (tertiary/aromatic N) is 4. The highest BCUT2D eigenvalue weighted by atomic mass is 16.1. The lowest BCUT2D eigenvalue weighted by molar-refractivity contribution is 0.102. The van der Waals surface area contributed by atoms with E-state index in [2.05, 4.69) is 20.4 Å². The lowest BCUT2D eigenvalue weighted by atomic mass is 10.3. The topological polar surface area (TPSA) is 72.7 Å². The molecular formula is C12H15N5O. The lowest BCUT2D eigenvalue weighted by Gasteiger charge is -2.03. The highest BCUT2D eigenvalue weighted by molar-refractivity contribution is 6.02. The maximum atomic E-state index is 11.9. The molecule has 0 radical (unpaired) electrons. The van der Waals surface area contributed by atoms with Crippen molar-refractivity contribution in [3.8, 4) is 0 Å². The Morgan fingerprint density at radius 1 is 1.33 bits per heavy atom. The van der Waals surface area contributed by atoms with Crippen LogP contribution in [0.1, 0.15) is 28.7 Å². The van der Waals surface area contributed by atoms with Crippen LogP contribution in [0.25, 0.3) is 0 Å². The summed E-state index contributed by atoms with van der Waals surface area (Å²) < 4.78 is 1.69. The van der Waals surface area contributed by atoms with E-state index >= 15 is 0 Å². The summed E-state index contributed by atoms with van der Waals surface area (Å²) in [6, 6.07) is 1.85. The van der Waals surface area contributed by atoms with Gasteiger partial charge < -0.3 is 0 Å². The average Bonchev–Trinajstić information content (AvgIpc) is 2.75. The molecule has 0 saturated carbocycles. The van der Waals surface area contributed by atoms with Crippen molar-refractivity contribution >= 4 is 11.9 Å². The highest BCUT2D eigenvalue weighted by Crippen LogP contribution is 2.06. The molecule has 0 aliphatic rings. The van der Waals surface area contributed by atoms with E-state index in [1.165, 1.54) is 6.20 Å². The fourth-order valence-corrected chi connectivity index (χ4v) is 1.61. The van der Waals surface area contributed by atoms with Gasteiger partial charge in [0.25, 0.3) is 5.91 Å². The Balaban J connectivity index is 2.15. The van der Waals surface area contributed by atoms with Crippen LogP contribution in [0.3, 0.4) is 0 Å². The first-order valence-electron chi connectivity index (χ1n) is 5.74. The molecule has 0 bridgehead atoms. The van der Waals surface area contributed by atoms with Crippen molar-refractivity contribution < 1.29 is 4.79 Å². The van der Waals surface area contributed by atoms with Crippen molar-refractivity contribution in [1.82, 2.24) is 19.7 Å². The molecule has 2 heterocycles. The van der Waals surface area contributed by atoms with E-state index in [-0.39, 0.29) is 5.91 Å². The molecule has 0 unspecified atom stereocenters. The van der Waals surface area contributed by atoms with Crippen molar-refractivity contribution in [1.29, 1.82) is 0 Å². The summed E-state index contributed by atoms with van der Waals surface area (Å²) in [7, 11) is 0. The minimum Gasteiger partial charge on any atom is -0.290 e. The third-order valence-corrected chi connectivity index (χ3v) is 2.43. The van der Waals surface area contributed by atoms with E-state index in [0.717, 1.165) is 17.9 Å². The first kappa shape index (κ1) is 12.2. The van der Waals surface area contributed by atoms with Gasteiger partial charge in [0.1, 0.15) is 0 Å². The zero-order valence-electron chi connectivity index (χ0n) is 10.6. The molecule has 2 rings (SSSR count). The van der Waals surface area contributed by atoms with Gasteiger partial charge in [-0.25, -0.2) is 9.97 Å². The summed E-state index contributed by atoms with van der Waals surface area (Å²) in [4.78, 5) is 20.2. The molecule has 18 heavy (non-hydrogen) atoms. The van der Waals surface area contributed by atoms with Crippen LogP contribution in [-0.4, -0.2) is 25.7 Å². The van der Waals surface area contributed by atoms with Crippen molar-refractivity contribution in [2.75, 3.05) is 5.32 Å². The summed E-state index contributed by atoms with van der Waals surface area (Å²) in [5, 5.41) is 6.71. The van der Waals surface area contributed by atoms with Gasteiger partial charge in [-0.3, -0.25) is 14.8 Å². The summed E-state index contributed by atoms with van der Waals surface area (Å²) in [5.41, 5.74) is 2.14. The molecule has 0 spiro atoms. The van der Waals surface area contributed by atoms with Crippen molar-refractivity contribution in [2.24, 2.45) is 0 Å². The van der Waals surface area contributed by atoms with Gasteiger partial charge in [0, 0.05) is 24.1 Å². The van der Waals surface area contributed by atoms with Gasteiger partial charge in [0.15, 0.2) is 0 Å². The van der Waals surface area contributed by atoms with E-state index in [9.17, 15) is 4.79 Å². The smallest absolute Gasteiger partial charge is 0.261 e. The van der Waals surface area contributed by atoms with Gasteiger partial charge in [-0.2, -0.15) is 5.10 Å². The molecule has 94 valence electrons. The predicted molar refractivity (Wildman–Crippen MR) is 67.4 cm³/mol. The number of carbonyl (C=O) groups is 1. The molecule has 0 aromatic carbocycles. The van der Waals surface area contributed by atoms with Crippen LogP contribution in [0.15, 0.2) is 18.5 Å². The summed E-state index contributed by atoms with van der Waals surface area (Å²) in [5.74, 6) is 0.0708. The Labute approximate surface area is 105 Å². The first-order chi connectivity index (χ1) is 8.58. The van der Waals surface area contributed by atoms with Crippen molar-refractivity contribution in [2.45, 2.75) is 27.3 Å². The largest absolute Gasteiger partial charge is 0.290 e. The molecule has 0 aliphatic heterocycles. The Morgan fingerprint density at radius 3 is 2.56 bits per heavy atom. The molecule has 0 aliphatic carbocycles. The minimum absolute atomic E-state index is 0.250. The monoisotopic (exact) mass is 245 g/mol. The van der Waals surface area contributed by atoms with Crippen LogP contribution < -0.4 is 5.32 Å². The predicted octanol–water partition coefficient (Wildman–Crippen LogP) is 1.56. The average molecular weight is 245 g/mol. The van der Waals surface area contributed by atoms with E-state index in [0.29, 0.717) is 11.5 Å². The molecule has 2 aromatic heterocycles. The number of amides is 1. The summed E-state index contributed by atoms with van der Waals surface area (Å²) in [6.45, 7) is 6.41. The number of rotatable bonds is 3. The molecule has 0 atom stereocenters. The summed E-state index contributed by atoms with van der Waals surface area (Å²) in [6.07, 6.45) is 3.22. The van der Waals surface area contributed by atoms with Gasteiger partial charge in [0.05, 0.1) is 11.8 Å². The van der Waals surface area contributed by atoms with Crippen LogP contribution >= 0.6 is 0 Å². The van der Waals surface area contributed by atoms with Gasteiger partial charge >= 0.3 is 0 Å². The fraction of sp³-hybridized carbons (Fsp3) is 0.333. The highest BCUT2D eigenvalue weighted by Gasteiger charge is 2.10. The lowest BCUT2D eigenvalue weighted by Crippen LogP contribution is -2.14. The maximum absolute atomic E-state index is 11.9. The van der Waals surface area contributed by atoms with Crippen LogP contribution in [0.2, 0.25) is 0 Å². The zero-order valence-corrected chi connectivity index (χ0v) is 10.6. The first-order valence-corrected chi connectivity index (χ1v) is 5.74. The normalized spacial score (nSPS) is 10.4. The fourth-order valence-electron chi connectivity index (χ4n) is 1.61. The molecular weight excluding hydrogens is 230 g/mol. The van der Waals surface area contributed by atoms with Crippen molar-refractivity contribution in [3.05, 3.63) is 35.4 Å². The molecule has 2 aromatic rings. The Kier molecular flexibility index (Phi) is 3.36. The Morgan fingerprint density at radius 2 is 2.00 bits per heavy atom. The van der Waals surface area contributed by atoms with E-state index in [1.54, 1.807) is 10.9 Å². The van der Waals surface area contributed by atoms with Crippen molar-refractivity contribution in [3.63, 3.8) is 0 Å². The second-order valence-corrected chi connectivity index (χ2v) is 4.01. The Bertz CT molecular complexity index is 555. The third kappa shape index (κ3) is 2.71. The molecule has 6 heteroatoms. The number of anilines is 1. The van der Waals surface area contributed by atoms with E-state index < -0.39 is 0 Å². The number of hydrogen-bond acceptors (Lipinski definition) is 4. The number of aromatic nitrogens is 4. The molecule has 1 amide bonds. The van der Waals surface area contributed by atoms with Gasteiger partial charge in [-0.15, -0.1) is 0 Å². The Hall–Kier alpha value is -2.24. The SMILES string of the molecule is CCn1cc(C(=O)Nc2nc(C)cc(C)n2)cn1.